The number of rotatable bonds is 5. The highest BCUT2D eigenvalue weighted by atomic mass is 16.6. The van der Waals surface area contributed by atoms with Gasteiger partial charge in [0, 0.05) is 6.92 Å². The van der Waals surface area contributed by atoms with Crippen LogP contribution in [-0.4, -0.2) is 45.5 Å². The first-order valence-electron chi connectivity index (χ1n) is 8.47. The van der Waals surface area contributed by atoms with Crippen molar-refractivity contribution in [1.29, 1.82) is 5.26 Å². The van der Waals surface area contributed by atoms with Crippen LogP contribution in [0.3, 0.4) is 0 Å². The number of carbonyl (C=O) groups excluding carboxylic acids is 2. The molecule has 0 radical (unpaired) electrons. The van der Waals surface area contributed by atoms with Crippen molar-refractivity contribution in [3.63, 3.8) is 0 Å². The number of ether oxygens (including phenoxy) is 3. The van der Waals surface area contributed by atoms with Crippen molar-refractivity contribution < 1.29 is 23.8 Å². The number of nitriles is 1. The average Bonchev–Trinajstić information content (AvgIpc) is 3.25. The second-order valence-corrected chi connectivity index (χ2v) is 6.04. The predicted molar refractivity (Wildman–Crippen MR) is 91.7 cm³/mol. The first-order chi connectivity index (χ1) is 13.0. The van der Waals surface area contributed by atoms with Gasteiger partial charge in [-0.25, -0.2) is 14.3 Å². The van der Waals surface area contributed by atoms with Crippen molar-refractivity contribution in [3.05, 3.63) is 24.2 Å². The molecule has 3 heterocycles. The molecule has 10 heteroatoms. The fraction of sp³-hybridized carbons (Fsp3) is 0.471. The molecule has 0 spiro atoms. The van der Waals surface area contributed by atoms with E-state index in [9.17, 15) is 14.9 Å². The smallest absolute Gasteiger partial charge is 0.412 e. The lowest BCUT2D eigenvalue weighted by Gasteiger charge is -2.21. The van der Waals surface area contributed by atoms with Crippen LogP contribution in [0.15, 0.2) is 18.5 Å². The summed E-state index contributed by atoms with van der Waals surface area (Å²) in [6.45, 7) is 3.11. The van der Waals surface area contributed by atoms with E-state index in [1.165, 1.54) is 13.3 Å². The van der Waals surface area contributed by atoms with E-state index in [0.717, 1.165) is 0 Å². The van der Waals surface area contributed by atoms with Crippen LogP contribution in [0.2, 0.25) is 0 Å². The Kier molecular flexibility index (Phi) is 5.23. The molecule has 0 aliphatic carbocycles. The van der Waals surface area contributed by atoms with Gasteiger partial charge >= 0.3 is 12.1 Å². The maximum atomic E-state index is 11.7. The van der Waals surface area contributed by atoms with Crippen molar-refractivity contribution in [1.82, 2.24) is 14.6 Å². The second kappa shape index (κ2) is 7.59. The molecule has 0 bridgehead atoms. The van der Waals surface area contributed by atoms with Gasteiger partial charge in [0.25, 0.3) is 0 Å². The van der Waals surface area contributed by atoms with Gasteiger partial charge < -0.3 is 14.2 Å². The Balaban J connectivity index is 1.83. The summed E-state index contributed by atoms with van der Waals surface area (Å²) in [5.41, 5.74) is 0.0948. The summed E-state index contributed by atoms with van der Waals surface area (Å²) in [6, 6.07) is 5.65. The quantitative estimate of drug-likeness (QED) is 0.788. The van der Waals surface area contributed by atoms with E-state index in [1.807, 2.05) is 0 Å². The van der Waals surface area contributed by atoms with Crippen LogP contribution >= 0.6 is 0 Å². The van der Waals surface area contributed by atoms with Crippen molar-refractivity contribution in [3.8, 4) is 6.07 Å². The predicted octanol–water partition coefficient (Wildman–Crippen LogP) is 1.97. The number of aromatic nitrogens is 3. The van der Waals surface area contributed by atoms with Gasteiger partial charge in [0.05, 0.1) is 12.3 Å². The first kappa shape index (κ1) is 18.6. The zero-order valence-electron chi connectivity index (χ0n) is 15.0. The van der Waals surface area contributed by atoms with Crippen LogP contribution < -0.4 is 5.32 Å². The minimum Gasteiger partial charge on any atom is -0.462 e. The summed E-state index contributed by atoms with van der Waals surface area (Å²) >= 11 is 0. The number of amides is 1. The molecule has 2 aromatic rings. The molecule has 1 saturated heterocycles. The van der Waals surface area contributed by atoms with Crippen molar-refractivity contribution >= 4 is 23.4 Å². The van der Waals surface area contributed by atoms with Crippen LogP contribution in [0.25, 0.3) is 5.52 Å². The molecule has 142 valence electrons. The van der Waals surface area contributed by atoms with Crippen LogP contribution in [0.4, 0.5) is 10.6 Å². The zero-order chi connectivity index (χ0) is 19.4. The number of hydrogen-bond acceptors (Lipinski definition) is 8. The minimum absolute atomic E-state index is 0.122. The Labute approximate surface area is 155 Å². The number of esters is 1. The Hall–Kier alpha value is -3.19. The molecule has 1 fully saturated rings. The highest BCUT2D eigenvalue weighted by molar-refractivity contribution is 5.88. The SMILES string of the molecule is CCOC(=O)Nc1ncnn2c(C3CCC(C#N)(COC(C)=O)O3)ccc12. The molecule has 1 aliphatic heterocycles. The molecule has 1 amide bonds. The Morgan fingerprint density at radius 2 is 2.30 bits per heavy atom. The summed E-state index contributed by atoms with van der Waals surface area (Å²) in [4.78, 5) is 26.8. The highest BCUT2D eigenvalue weighted by Gasteiger charge is 2.43. The number of carbonyl (C=O) groups is 2. The first-order valence-corrected chi connectivity index (χ1v) is 8.47. The third kappa shape index (κ3) is 3.83. The molecule has 0 saturated carbocycles. The third-order valence-electron chi connectivity index (χ3n) is 4.20. The largest absolute Gasteiger partial charge is 0.462 e. The number of anilines is 1. The molecule has 2 atom stereocenters. The molecule has 0 aromatic carbocycles. The number of nitrogens with zero attached hydrogens (tertiary/aromatic N) is 4. The molecule has 1 aliphatic rings. The van der Waals surface area contributed by atoms with E-state index in [2.05, 4.69) is 21.5 Å². The van der Waals surface area contributed by atoms with E-state index < -0.39 is 23.8 Å². The number of fused-ring (bicyclic) bond motifs is 1. The van der Waals surface area contributed by atoms with Gasteiger partial charge in [-0.15, -0.1) is 0 Å². The van der Waals surface area contributed by atoms with Crippen molar-refractivity contribution in [2.75, 3.05) is 18.5 Å². The molecular weight excluding hydrogens is 354 g/mol. The summed E-state index contributed by atoms with van der Waals surface area (Å²) in [5, 5.41) is 16.3. The Bertz CT molecular complexity index is 905. The van der Waals surface area contributed by atoms with E-state index in [4.69, 9.17) is 14.2 Å². The van der Waals surface area contributed by atoms with Gasteiger partial charge in [0.1, 0.15) is 30.6 Å². The van der Waals surface area contributed by atoms with Gasteiger partial charge in [-0.3, -0.25) is 10.1 Å². The minimum atomic E-state index is -1.18. The molecule has 27 heavy (non-hydrogen) atoms. The fourth-order valence-corrected chi connectivity index (χ4v) is 2.96. The van der Waals surface area contributed by atoms with Gasteiger partial charge in [-0.1, -0.05) is 0 Å². The molecule has 3 rings (SSSR count). The van der Waals surface area contributed by atoms with Gasteiger partial charge in [0.2, 0.25) is 0 Å². The van der Waals surface area contributed by atoms with Crippen LogP contribution in [-0.2, 0) is 19.0 Å². The summed E-state index contributed by atoms with van der Waals surface area (Å²) in [5.74, 6) is -0.161. The van der Waals surface area contributed by atoms with E-state index in [0.29, 0.717) is 29.9 Å². The highest BCUT2D eigenvalue weighted by Crippen LogP contribution is 2.40. The lowest BCUT2D eigenvalue weighted by molar-refractivity contribution is -0.148. The van der Waals surface area contributed by atoms with Crippen molar-refractivity contribution in [2.24, 2.45) is 0 Å². The average molecular weight is 373 g/mol. The molecule has 2 aromatic heterocycles. The molecule has 10 nitrogen and oxygen atoms in total. The normalized spacial score (nSPS) is 21.6. The van der Waals surface area contributed by atoms with Crippen LogP contribution in [0.1, 0.15) is 38.5 Å². The lowest BCUT2D eigenvalue weighted by atomic mass is 10.0. The molecule has 1 N–H and O–H groups in total. The second-order valence-electron chi connectivity index (χ2n) is 6.04. The van der Waals surface area contributed by atoms with Crippen molar-refractivity contribution in [2.45, 2.75) is 38.4 Å². The standard InChI is InChI=1S/C17H19N5O5/c1-3-25-16(24)21-15-13-5-4-12(22(13)20-10-19-15)14-6-7-17(8-18,27-14)9-26-11(2)23/h4-5,10,14H,3,6-7,9H2,1-2H3,(H,19,20,21,24). The fourth-order valence-electron chi connectivity index (χ4n) is 2.96. The van der Waals surface area contributed by atoms with E-state index in [1.54, 1.807) is 23.6 Å². The monoisotopic (exact) mass is 373 g/mol. The molecule has 2 unspecified atom stereocenters. The maximum absolute atomic E-state index is 11.7. The van der Waals surface area contributed by atoms with Crippen LogP contribution in [0.5, 0.6) is 0 Å². The van der Waals surface area contributed by atoms with E-state index in [-0.39, 0.29) is 13.2 Å². The summed E-state index contributed by atoms with van der Waals surface area (Å²) < 4.78 is 17.4. The third-order valence-corrected chi connectivity index (χ3v) is 4.20. The van der Waals surface area contributed by atoms with Crippen LogP contribution in [0, 0.1) is 11.3 Å². The number of nitrogens with one attached hydrogen (secondary N) is 1. The Morgan fingerprint density at radius 3 is 3.00 bits per heavy atom. The van der Waals surface area contributed by atoms with E-state index >= 15 is 0 Å². The molecular formula is C17H19N5O5. The maximum Gasteiger partial charge on any atom is 0.412 e. The topological polar surface area (TPSA) is 128 Å². The number of hydrogen-bond donors (Lipinski definition) is 1. The van der Waals surface area contributed by atoms with Gasteiger partial charge in [-0.05, 0) is 31.9 Å². The van der Waals surface area contributed by atoms with Gasteiger partial charge in [0.15, 0.2) is 11.4 Å². The Morgan fingerprint density at radius 1 is 1.48 bits per heavy atom. The van der Waals surface area contributed by atoms with Gasteiger partial charge in [-0.2, -0.15) is 10.4 Å². The summed E-state index contributed by atoms with van der Waals surface area (Å²) in [6.07, 6.45) is 1.28. The lowest BCUT2D eigenvalue weighted by Crippen LogP contribution is -2.33. The zero-order valence-corrected chi connectivity index (χ0v) is 15.0. The summed E-state index contributed by atoms with van der Waals surface area (Å²) in [7, 11) is 0.